The number of anilines is 2. The molecule has 6 nitrogen and oxygen atoms in total. The molecule has 0 atom stereocenters. The van der Waals surface area contributed by atoms with E-state index in [1.807, 2.05) is 25.1 Å². The molecule has 1 aliphatic rings. The molecule has 1 fully saturated rings. The van der Waals surface area contributed by atoms with Crippen LogP contribution in [0.5, 0.6) is 0 Å². The third kappa shape index (κ3) is 5.43. The van der Waals surface area contributed by atoms with E-state index < -0.39 is 0 Å². The first-order chi connectivity index (χ1) is 15.5. The first kappa shape index (κ1) is 22.2. The van der Waals surface area contributed by atoms with Crippen LogP contribution in [0.2, 0.25) is 0 Å². The lowest BCUT2D eigenvalue weighted by molar-refractivity contribution is -0.116. The molecule has 6 heteroatoms. The monoisotopic (exact) mass is 431 g/mol. The Morgan fingerprint density at radius 1 is 0.969 bits per heavy atom. The summed E-state index contributed by atoms with van der Waals surface area (Å²) >= 11 is 0. The standard InChI is InChI=1S/C26H33N5O/c1-4-5-20-6-8-21(9-7-20)10-13-25(32)28-22-11-12-24-23(18-22)19(2)27-26(29-24)31-16-14-30(3)15-17-31/h6-9,11-12,18H,4-5,10,13-17H2,1-3H3,(H,28,32). The number of benzene rings is 2. The summed E-state index contributed by atoms with van der Waals surface area (Å²) in [5, 5.41) is 4.01. The molecule has 1 saturated heterocycles. The van der Waals surface area contributed by atoms with Gasteiger partial charge in [-0.25, -0.2) is 9.97 Å². The van der Waals surface area contributed by atoms with Crippen LogP contribution in [0.4, 0.5) is 11.6 Å². The van der Waals surface area contributed by atoms with Gasteiger partial charge in [-0.15, -0.1) is 0 Å². The molecule has 1 aliphatic heterocycles. The average molecular weight is 432 g/mol. The number of nitrogens with one attached hydrogen (secondary N) is 1. The van der Waals surface area contributed by atoms with Crippen LogP contribution in [-0.2, 0) is 17.6 Å². The van der Waals surface area contributed by atoms with Gasteiger partial charge in [-0.1, -0.05) is 37.6 Å². The third-order valence-electron chi connectivity index (χ3n) is 6.15. The molecule has 4 rings (SSSR count). The number of piperazine rings is 1. The molecule has 1 aromatic heterocycles. The second-order valence-corrected chi connectivity index (χ2v) is 8.75. The summed E-state index contributed by atoms with van der Waals surface area (Å²) in [6.07, 6.45) is 3.45. The summed E-state index contributed by atoms with van der Waals surface area (Å²) in [6.45, 7) is 8.12. The van der Waals surface area contributed by atoms with Crippen molar-refractivity contribution in [2.24, 2.45) is 0 Å². The van der Waals surface area contributed by atoms with E-state index in [9.17, 15) is 4.79 Å². The van der Waals surface area contributed by atoms with Gasteiger partial charge in [0.1, 0.15) is 0 Å². The number of likely N-dealkylation sites (N-methyl/N-ethyl adjacent to an activating group) is 1. The van der Waals surface area contributed by atoms with Gasteiger partial charge in [0.2, 0.25) is 11.9 Å². The average Bonchev–Trinajstić information content (AvgIpc) is 2.79. The van der Waals surface area contributed by atoms with E-state index in [0.717, 1.165) is 73.7 Å². The smallest absolute Gasteiger partial charge is 0.226 e. The zero-order chi connectivity index (χ0) is 22.5. The van der Waals surface area contributed by atoms with Gasteiger partial charge in [-0.05, 0) is 56.1 Å². The van der Waals surface area contributed by atoms with Crippen LogP contribution >= 0.6 is 0 Å². The Balaban J connectivity index is 1.39. The number of hydrogen-bond donors (Lipinski definition) is 1. The summed E-state index contributed by atoms with van der Waals surface area (Å²) in [5.41, 5.74) is 5.19. The molecule has 32 heavy (non-hydrogen) atoms. The van der Waals surface area contributed by atoms with E-state index in [-0.39, 0.29) is 5.91 Å². The van der Waals surface area contributed by atoms with Gasteiger partial charge in [-0.2, -0.15) is 0 Å². The van der Waals surface area contributed by atoms with Gasteiger partial charge < -0.3 is 15.1 Å². The Morgan fingerprint density at radius 3 is 2.34 bits per heavy atom. The Labute approximate surface area is 190 Å². The maximum Gasteiger partial charge on any atom is 0.226 e. The van der Waals surface area contributed by atoms with Crippen LogP contribution in [0.3, 0.4) is 0 Å². The van der Waals surface area contributed by atoms with E-state index in [1.165, 1.54) is 11.1 Å². The first-order valence-electron chi connectivity index (χ1n) is 11.6. The van der Waals surface area contributed by atoms with Crippen molar-refractivity contribution in [3.8, 4) is 0 Å². The molecule has 168 valence electrons. The summed E-state index contributed by atoms with van der Waals surface area (Å²) in [4.78, 5) is 26.6. The topological polar surface area (TPSA) is 61.4 Å². The fourth-order valence-electron chi connectivity index (χ4n) is 4.13. The number of carbonyl (C=O) groups is 1. The number of hydrogen-bond acceptors (Lipinski definition) is 5. The van der Waals surface area contributed by atoms with Crippen LogP contribution in [-0.4, -0.2) is 54.0 Å². The molecular formula is C26H33N5O. The van der Waals surface area contributed by atoms with Gasteiger partial charge in [-0.3, -0.25) is 4.79 Å². The highest BCUT2D eigenvalue weighted by Gasteiger charge is 2.18. The highest BCUT2D eigenvalue weighted by Crippen LogP contribution is 2.23. The van der Waals surface area contributed by atoms with Crippen LogP contribution in [0.1, 0.15) is 36.6 Å². The second kappa shape index (κ2) is 10.1. The van der Waals surface area contributed by atoms with E-state index in [2.05, 4.69) is 53.4 Å². The van der Waals surface area contributed by atoms with Crippen molar-refractivity contribution >= 4 is 28.4 Å². The minimum absolute atomic E-state index is 0.0228. The fourth-order valence-corrected chi connectivity index (χ4v) is 4.13. The molecule has 0 spiro atoms. The molecule has 0 radical (unpaired) electrons. The Morgan fingerprint density at radius 2 is 1.66 bits per heavy atom. The highest BCUT2D eigenvalue weighted by molar-refractivity contribution is 5.94. The lowest BCUT2D eigenvalue weighted by atomic mass is 10.0. The van der Waals surface area contributed by atoms with Gasteiger partial charge in [0, 0.05) is 43.7 Å². The summed E-state index contributed by atoms with van der Waals surface area (Å²) in [6, 6.07) is 14.5. The van der Waals surface area contributed by atoms with Gasteiger partial charge in [0.15, 0.2) is 0 Å². The van der Waals surface area contributed by atoms with Crippen molar-refractivity contribution in [2.75, 3.05) is 43.4 Å². The minimum Gasteiger partial charge on any atom is -0.338 e. The zero-order valence-electron chi connectivity index (χ0n) is 19.4. The molecule has 0 aliphatic carbocycles. The Bertz CT molecular complexity index is 1070. The van der Waals surface area contributed by atoms with Crippen molar-refractivity contribution < 1.29 is 4.79 Å². The van der Waals surface area contributed by atoms with Crippen molar-refractivity contribution in [1.29, 1.82) is 0 Å². The lowest BCUT2D eigenvalue weighted by Gasteiger charge is -2.32. The fraction of sp³-hybridized carbons (Fsp3) is 0.423. The quantitative estimate of drug-likeness (QED) is 0.607. The maximum atomic E-state index is 12.5. The number of carbonyl (C=O) groups excluding carboxylic acids is 1. The van der Waals surface area contributed by atoms with Crippen LogP contribution in [0, 0.1) is 6.92 Å². The van der Waals surface area contributed by atoms with E-state index in [0.29, 0.717) is 6.42 Å². The van der Waals surface area contributed by atoms with Gasteiger partial charge >= 0.3 is 0 Å². The number of rotatable bonds is 7. The van der Waals surface area contributed by atoms with Crippen LogP contribution < -0.4 is 10.2 Å². The van der Waals surface area contributed by atoms with E-state index in [1.54, 1.807) is 0 Å². The van der Waals surface area contributed by atoms with E-state index in [4.69, 9.17) is 9.97 Å². The SMILES string of the molecule is CCCc1ccc(CCC(=O)Nc2ccc3nc(N4CCN(C)CC4)nc(C)c3c2)cc1. The predicted molar refractivity (Wildman–Crippen MR) is 131 cm³/mol. The zero-order valence-corrected chi connectivity index (χ0v) is 19.4. The molecule has 0 unspecified atom stereocenters. The predicted octanol–water partition coefficient (Wildman–Crippen LogP) is 4.21. The third-order valence-corrected chi connectivity index (χ3v) is 6.15. The normalized spacial score (nSPS) is 14.7. The summed E-state index contributed by atoms with van der Waals surface area (Å²) in [7, 11) is 2.14. The van der Waals surface area contributed by atoms with Gasteiger partial charge in [0.05, 0.1) is 11.2 Å². The number of aromatic nitrogens is 2. The number of nitrogens with zero attached hydrogens (tertiary/aromatic N) is 4. The molecule has 0 saturated carbocycles. The molecule has 2 heterocycles. The van der Waals surface area contributed by atoms with E-state index >= 15 is 0 Å². The molecule has 1 N–H and O–H groups in total. The maximum absolute atomic E-state index is 12.5. The highest BCUT2D eigenvalue weighted by atomic mass is 16.1. The van der Waals surface area contributed by atoms with Crippen molar-refractivity contribution in [2.45, 2.75) is 39.5 Å². The largest absolute Gasteiger partial charge is 0.338 e. The van der Waals surface area contributed by atoms with Gasteiger partial charge in [0.25, 0.3) is 0 Å². The first-order valence-corrected chi connectivity index (χ1v) is 11.6. The molecule has 1 amide bonds. The molecule has 3 aromatic rings. The molecule has 2 aromatic carbocycles. The lowest BCUT2D eigenvalue weighted by Crippen LogP contribution is -2.45. The van der Waals surface area contributed by atoms with Crippen LogP contribution in [0.25, 0.3) is 10.9 Å². The number of fused-ring (bicyclic) bond motifs is 1. The summed E-state index contributed by atoms with van der Waals surface area (Å²) < 4.78 is 0. The molecule has 0 bridgehead atoms. The van der Waals surface area contributed by atoms with Crippen LogP contribution in [0.15, 0.2) is 42.5 Å². The Kier molecular flexibility index (Phi) is 7.00. The number of amides is 1. The Hall–Kier alpha value is -2.99. The van der Waals surface area contributed by atoms with Crippen molar-refractivity contribution in [3.63, 3.8) is 0 Å². The van der Waals surface area contributed by atoms with Crippen molar-refractivity contribution in [3.05, 3.63) is 59.3 Å². The summed E-state index contributed by atoms with van der Waals surface area (Å²) in [5.74, 6) is 0.819. The van der Waals surface area contributed by atoms with Crippen molar-refractivity contribution in [1.82, 2.24) is 14.9 Å². The number of aryl methyl sites for hydroxylation is 3. The molecular weight excluding hydrogens is 398 g/mol. The minimum atomic E-state index is 0.0228. The second-order valence-electron chi connectivity index (χ2n) is 8.75.